The van der Waals surface area contributed by atoms with Crippen molar-refractivity contribution in [1.82, 2.24) is 5.32 Å². The largest absolute Gasteiger partial charge is 0.386 e. The number of aliphatic hydroxyl groups excluding tert-OH is 1. The molecule has 2 aromatic rings. The third-order valence-corrected chi connectivity index (χ3v) is 6.43. The number of nitrogens with zero attached hydrogens (tertiary/aromatic N) is 1. The lowest BCUT2D eigenvalue weighted by molar-refractivity contribution is 0.0913. The number of amides is 1. The molecule has 1 heterocycles. The molecule has 2 N–H and O–H groups in total. The topological polar surface area (TPSA) is 86.7 Å². The van der Waals surface area contributed by atoms with Crippen molar-refractivity contribution >= 4 is 21.6 Å². The van der Waals surface area contributed by atoms with E-state index < -0.39 is 27.9 Å². The van der Waals surface area contributed by atoms with Crippen molar-refractivity contribution in [3.05, 3.63) is 65.0 Å². The van der Waals surface area contributed by atoms with Crippen LogP contribution in [0.4, 0.5) is 10.1 Å². The lowest BCUT2D eigenvalue weighted by Gasteiger charge is -2.19. The van der Waals surface area contributed by atoms with Gasteiger partial charge in [-0.1, -0.05) is 18.2 Å². The number of nitrogens with one attached hydrogen (secondary N) is 1. The first-order valence-electron chi connectivity index (χ1n) is 8.61. The summed E-state index contributed by atoms with van der Waals surface area (Å²) in [6, 6.07) is 10.7. The molecule has 1 aliphatic rings. The smallest absolute Gasteiger partial charge is 0.251 e. The lowest BCUT2D eigenvalue weighted by atomic mass is 10.1. The maximum atomic E-state index is 13.7. The second-order valence-electron chi connectivity index (χ2n) is 6.49. The van der Waals surface area contributed by atoms with Gasteiger partial charge >= 0.3 is 0 Å². The molecule has 3 rings (SSSR count). The van der Waals surface area contributed by atoms with Gasteiger partial charge in [0.15, 0.2) is 0 Å². The van der Waals surface area contributed by atoms with Crippen LogP contribution in [0.25, 0.3) is 0 Å². The van der Waals surface area contributed by atoms with Crippen molar-refractivity contribution in [3.8, 4) is 0 Å². The van der Waals surface area contributed by atoms with E-state index in [0.717, 1.165) is 0 Å². The summed E-state index contributed by atoms with van der Waals surface area (Å²) in [6.45, 7) is 2.01. The average Bonchev–Trinajstić information content (AvgIpc) is 2.98. The van der Waals surface area contributed by atoms with E-state index in [4.69, 9.17) is 0 Å². The van der Waals surface area contributed by atoms with E-state index in [-0.39, 0.29) is 17.9 Å². The molecule has 1 amide bonds. The molecule has 0 aliphatic carbocycles. The molecule has 1 atom stereocenters. The van der Waals surface area contributed by atoms with Crippen LogP contribution in [-0.2, 0) is 10.0 Å². The summed E-state index contributed by atoms with van der Waals surface area (Å²) in [5.74, 6) is -0.826. The Bertz CT molecular complexity index is 962. The van der Waals surface area contributed by atoms with Crippen LogP contribution < -0.4 is 9.62 Å². The highest BCUT2D eigenvalue weighted by Crippen LogP contribution is 2.26. The standard InChI is InChI=1S/C19H21FN2O4S/c1-13-11-14(22-9-4-10-27(22,25)26)7-8-15(13)19(24)21-12-18(23)16-5-2-3-6-17(16)20/h2-3,5-8,11,18,23H,4,9-10,12H2,1H3,(H,21,24). The Hall–Kier alpha value is -2.45. The van der Waals surface area contributed by atoms with E-state index in [1.165, 1.54) is 22.5 Å². The molecule has 1 aliphatic heterocycles. The molecule has 0 radical (unpaired) electrons. The van der Waals surface area contributed by atoms with Gasteiger partial charge < -0.3 is 10.4 Å². The third-order valence-electron chi connectivity index (χ3n) is 4.56. The summed E-state index contributed by atoms with van der Waals surface area (Å²) in [6.07, 6.45) is -0.582. The van der Waals surface area contributed by atoms with Crippen LogP contribution >= 0.6 is 0 Å². The molecule has 1 fully saturated rings. The fourth-order valence-corrected chi connectivity index (χ4v) is 4.68. The molecule has 0 aromatic heterocycles. The van der Waals surface area contributed by atoms with Gasteiger partial charge in [-0.05, 0) is 43.2 Å². The molecule has 144 valence electrons. The van der Waals surface area contributed by atoms with Crippen molar-refractivity contribution < 1.29 is 22.7 Å². The number of aliphatic hydroxyl groups is 1. The average molecular weight is 392 g/mol. The Balaban J connectivity index is 1.69. The Morgan fingerprint density at radius 1 is 1.30 bits per heavy atom. The number of aryl methyl sites for hydroxylation is 1. The Kier molecular flexibility index (Phi) is 5.48. The quantitative estimate of drug-likeness (QED) is 0.816. The van der Waals surface area contributed by atoms with Crippen LogP contribution in [0, 0.1) is 12.7 Å². The maximum Gasteiger partial charge on any atom is 0.251 e. The molecule has 2 aromatic carbocycles. The van der Waals surface area contributed by atoms with Crippen molar-refractivity contribution in [1.29, 1.82) is 0 Å². The second-order valence-corrected chi connectivity index (χ2v) is 8.50. The van der Waals surface area contributed by atoms with E-state index in [1.54, 1.807) is 31.2 Å². The number of rotatable bonds is 5. The number of halogens is 1. The van der Waals surface area contributed by atoms with E-state index in [1.807, 2.05) is 0 Å². The fourth-order valence-electron chi connectivity index (χ4n) is 3.13. The van der Waals surface area contributed by atoms with Gasteiger partial charge in [-0.15, -0.1) is 0 Å². The molecule has 27 heavy (non-hydrogen) atoms. The van der Waals surface area contributed by atoms with Crippen molar-refractivity contribution in [3.63, 3.8) is 0 Å². The van der Waals surface area contributed by atoms with Crippen molar-refractivity contribution in [2.45, 2.75) is 19.4 Å². The molecule has 0 bridgehead atoms. The van der Waals surface area contributed by atoms with Crippen molar-refractivity contribution in [2.75, 3.05) is 23.1 Å². The molecule has 0 spiro atoms. The van der Waals surface area contributed by atoms with Crippen LogP contribution in [0.1, 0.15) is 34.0 Å². The van der Waals surface area contributed by atoms with Crippen LogP contribution in [-0.4, -0.2) is 38.3 Å². The zero-order chi connectivity index (χ0) is 19.6. The predicted molar refractivity (Wildman–Crippen MR) is 101 cm³/mol. The van der Waals surface area contributed by atoms with Gasteiger partial charge in [0, 0.05) is 24.2 Å². The van der Waals surface area contributed by atoms with Gasteiger partial charge in [-0.2, -0.15) is 0 Å². The zero-order valence-electron chi connectivity index (χ0n) is 14.9. The number of carbonyl (C=O) groups is 1. The van der Waals surface area contributed by atoms with Gasteiger partial charge in [0.1, 0.15) is 5.82 Å². The van der Waals surface area contributed by atoms with Gasteiger partial charge in [-0.25, -0.2) is 12.8 Å². The zero-order valence-corrected chi connectivity index (χ0v) is 15.7. The van der Waals surface area contributed by atoms with Crippen LogP contribution in [0.5, 0.6) is 0 Å². The van der Waals surface area contributed by atoms with E-state index >= 15 is 0 Å². The summed E-state index contributed by atoms with van der Waals surface area (Å²) in [4.78, 5) is 12.4. The Morgan fingerprint density at radius 2 is 2.04 bits per heavy atom. The number of carbonyl (C=O) groups excluding carboxylic acids is 1. The van der Waals surface area contributed by atoms with Gasteiger partial charge in [0.2, 0.25) is 10.0 Å². The summed E-state index contributed by atoms with van der Waals surface area (Å²) in [7, 11) is -3.28. The highest BCUT2D eigenvalue weighted by Gasteiger charge is 2.28. The predicted octanol–water partition coefficient (Wildman–Crippen LogP) is 2.14. The maximum absolute atomic E-state index is 13.7. The minimum absolute atomic E-state index is 0.115. The first-order valence-corrected chi connectivity index (χ1v) is 10.2. The third kappa shape index (κ3) is 4.12. The van der Waals surface area contributed by atoms with E-state index in [2.05, 4.69) is 5.32 Å². The number of hydrogen-bond acceptors (Lipinski definition) is 4. The summed E-state index contributed by atoms with van der Waals surface area (Å²) < 4.78 is 39.1. The van der Waals surface area contributed by atoms with E-state index in [9.17, 15) is 22.7 Å². The SMILES string of the molecule is Cc1cc(N2CCCS2(=O)=O)ccc1C(=O)NCC(O)c1ccccc1F. The molecule has 8 heteroatoms. The molecular weight excluding hydrogens is 371 g/mol. The molecule has 1 unspecified atom stereocenters. The molecule has 6 nitrogen and oxygen atoms in total. The molecule has 1 saturated heterocycles. The normalized spacial score (nSPS) is 16.9. The van der Waals surface area contributed by atoms with Gasteiger partial charge in [-0.3, -0.25) is 9.10 Å². The summed E-state index contributed by atoms with van der Waals surface area (Å²) in [5, 5.41) is 12.7. The van der Waals surface area contributed by atoms with Crippen LogP contribution in [0.15, 0.2) is 42.5 Å². The number of anilines is 1. The summed E-state index contributed by atoms with van der Waals surface area (Å²) in [5.41, 5.74) is 1.64. The molecule has 0 saturated carbocycles. The van der Waals surface area contributed by atoms with Gasteiger partial charge in [0.05, 0.1) is 17.5 Å². The lowest BCUT2D eigenvalue weighted by Crippen LogP contribution is -2.29. The minimum atomic E-state index is -3.28. The van der Waals surface area contributed by atoms with Crippen LogP contribution in [0.3, 0.4) is 0 Å². The summed E-state index contributed by atoms with van der Waals surface area (Å²) >= 11 is 0. The van der Waals surface area contributed by atoms with Crippen LogP contribution in [0.2, 0.25) is 0 Å². The number of hydrogen-bond donors (Lipinski definition) is 2. The highest BCUT2D eigenvalue weighted by molar-refractivity contribution is 7.93. The Labute approximate surface area is 157 Å². The van der Waals surface area contributed by atoms with Gasteiger partial charge in [0.25, 0.3) is 5.91 Å². The van der Waals surface area contributed by atoms with E-state index in [0.29, 0.717) is 29.8 Å². The molecular formula is C19H21FN2O4S. The Morgan fingerprint density at radius 3 is 2.67 bits per heavy atom. The fraction of sp³-hybridized carbons (Fsp3) is 0.316. The number of benzene rings is 2. The number of sulfonamides is 1. The minimum Gasteiger partial charge on any atom is -0.386 e. The first kappa shape index (κ1) is 19.3. The highest BCUT2D eigenvalue weighted by atomic mass is 32.2. The van der Waals surface area contributed by atoms with Crippen molar-refractivity contribution in [2.24, 2.45) is 0 Å². The monoisotopic (exact) mass is 392 g/mol. The first-order chi connectivity index (χ1) is 12.8. The second kappa shape index (κ2) is 7.66.